The summed E-state index contributed by atoms with van der Waals surface area (Å²) in [5, 5.41) is 0. The van der Waals surface area contributed by atoms with E-state index in [1.165, 1.54) is 24.8 Å². The Morgan fingerprint density at radius 3 is 2.33 bits per heavy atom. The first-order valence-corrected chi connectivity index (χ1v) is 9.20. The molecular weight excluding hydrogens is 396 g/mol. The number of rotatable bonds is 2. The van der Waals surface area contributed by atoms with Crippen molar-refractivity contribution in [2.75, 3.05) is 0 Å². The van der Waals surface area contributed by atoms with Crippen LogP contribution in [0.15, 0.2) is 21.4 Å². The van der Waals surface area contributed by atoms with Crippen LogP contribution in [0.3, 0.4) is 0 Å². The molecule has 1 aromatic heterocycles. The van der Waals surface area contributed by atoms with Crippen LogP contribution in [0.2, 0.25) is 0 Å². The molecule has 1 aromatic carbocycles. The second kappa shape index (κ2) is 4.72. The van der Waals surface area contributed by atoms with Crippen molar-refractivity contribution in [2.45, 2.75) is 24.1 Å². The smallest absolute Gasteiger partial charge is 0.295 e. The van der Waals surface area contributed by atoms with Crippen LogP contribution < -0.4 is 5.69 Å². The lowest BCUT2D eigenvalue weighted by Gasteiger charge is -2.15. The minimum absolute atomic E-state index is 0.0310. The third-order valence-corrected chi connectivity index (χ3v) is 7.29. The lowest BCUT2D eigenvalue weighted by molar-refractivity contribution is 0.582. The summed E-state index contributed by atoms with van der Waals surface area (Å²) in [6, 6.07) is 4.26. The minimum Gasteiger partial charge on any atom is -0.295 e. The van der Waals surface area contributed by atoms with Gasteiger partial charge in [0.2, 0.25) is 0 Å². The highest BCUT2D eigenvalue weighted by molar-refractivity contribution is 9.11. The molecular formula is C16H18Br2N2O. The van der Waals surface area contributed by atoms with Crippen LogP contribution in [0.4, 0.5) is 0 Å². The van der Waals surface area contributed by atoms with Crippen molar-refractivity contribution in [3.05, 3.63) is 32.7 Å². The Balaban J connectivity index is 1.80. The van der Waals surface area contributed by atoms with E-state index in [1.54, 1.807) is 9.13 Å². The van der Waals surface area contributed by atoms with E-state index < -0.39 is 0 Å². The van der Waals surface area contributed by atoms with Crippen LogP contribution in [0, 0.1) is 17.8 Å². The number of hydrogen-bond acceptors (Lipinski definition) is 1. The number of benzene rings is 1. The largest absolute Gasteiger partial charge is 0.328 e. The highest BCUT2D eigenvalue weighted by atomic mass is 79.9. The van der Waals surface area contributed by atoms with Crippen LogP contribution in [-0.2, 0) is 14.1 Å². The van der Waals surface area contributed by atoms with Gasteiger partial charge >= 0.3 is 5.69 Å². The lowest BCUT2D eigenvalue weighted by atomic mass is 10.0. The van der Waals surface area contributed by atoms with Crippen molar-refractivity contribution in [1.29, 1.82) is 0 Å². The van der Waals surface area contributed by atoms with Crippen LogP contribution in [0.1, 0.15) is 29.7 Å². The molecule has 21 heavy (non-hydrogen) atoms. The van der Waals surface area contributed by atoms with Gasteiger partial charge < -0.3 is 0 Å². The third kappa shape index (κ3) is 1.93. The predicted octanol–water partition coefficient (Wildman–Crippen LogP) is 4.12. The molecule has 2 aliphatic carbocycles. The van der Waals surface area contributed by atoms with E-state index in [0.29, 0.717) is 4.83 Å². The Kier molecular flexibility index (Phi) is 3.16. The van der Waals surface area contributed by atoms with E-state index in [9.17, 15) is 4.79 Å². The van der Waals surface area contributed by atoms with Gasteiger partial charge in [-0.2, -0.15) is 0 Å². The topological polar surface area (TPSA) is 26.9 Å². The van der Waals surface area contributed by atoms with Crippen LogP contribution in [0.5, 0.6) is 0 Å². The zero-order valence-corrected chi connectivity index (χ0v) is 15.3. The SMILES string of the molecule is Cn1c(=O)n(C)c2cc(C(Br)C3C4CCCC43)c(Br)cc21. The Hall–Kier alpha value is -0.550. The average molecular weight is 414 g/mol. The number of alkyl halides is 1. The normalized spacial score (nSPS) is 28.9. The molecule has 1 heterocycles. The molecule has 0 saturated heterocycles. The highest BCUT2D eigenvalue weighted by Crippen LogP contribution is 2.64. The molecule has 3 atom stereocenters. The lowest BCUT2D eigenvalue weighted by Crippen LogP contribution is -2.19. The second-order valence-electron chi connectivity index (χ2n) is 6.50. The number of halogens is 2. The molecule has 3 nitrogen and oxygen atoms in total. The first-order chi connectivity index (χ1) is 10.0. The number of nitrogens with zero attached hydrogens (tertiary/aromatic N) is 2. The molecule has 112 valence electrons. The number of aromatic nitrogens is 2. The monoisotopic (exact) mass is 412 g/mol. The summed E-state index contributed by atoms with van der Waals surface area (Å²) < 4.78 is 4.54. The van der Waals surface area contributed by atoms with Gasteiger partial charge in [0.05, 0.1) is 11.0 Å². The average Bonchev–Trinajstić information content (AvgIpc) is 2.87. The van der Waals surface area contributed by atoms with Crippen molar-refractivity contribution in [3.8, 4) is 0 Å². The maximum atomic E-state index is 12.1. The van der Waals surface area contributed by atoms with Gasteiger partial charge in [-0.3, -0.25) is 9.13 Å². The second-order valence-corrected chi connectivity index (χ2v) is 8.34. The van der Waals surface area contributed by atoms with E-state index in [4.69, 9.17) is 0 Å². The highest BCUT2D eigenvalue weighted by Gasteiger charge is 2.55. The summed E-state index contributed by atoms with van der Waals surface area (Å²) in [7, 11) is 3.67. The molecule has 5 heteroatoms. The molecule has 0 spiro atoms. The fraction of sp³-hybridized carbons (Fsp3) is 0.562. The van der Waals surface area contributed by atoms with Crippen molar-refractivity contribution in [2.24, 2.45) is 31.8 Å². The number of imidazole rings is 1. The molecule has 4 rings (SSSR count). The number of aryl methyl sites for hydroxylation is 2. The summed E-state index contributed by atoms with van der Waals surface area (Å²) in [5.74, 6) is 2.60. The van der Waals surface area contributed by atoms with Crippen molar-refractivity contribution in [3.63, 3.8) is 0 Å². The summed E-state index contributed by atoms with van der Waals surface area (Å²) in [5.41, 5.74) is 3.30. The Morgan fingerprint density at radius 1 is 1.14 bits per heavy atom. The van der Waals surface area contributed by atoms with Gasteiger partial charge in [0.1, 0.15) is 0 Å². The quantitative estimate of drug-likeness (QED) is 0.680. The number of fused-ring (bicyclic) bond motifs is 2. The van der Waals surface area contributed by atoms with Gasteiger partial charge in [-0.15, -0.1) is 0 Å². The molecule has 0 radical (unpaired) electrons. The zero-order chi connectivity index (χ0) is 14.9. The van der Waals surface area contributed by atoms with Gasteiger partial charge in [-0.25, -0.2) is 4.79 Å². The third-order valence-electron chi connectivity index (χ3n) is 5.50. The summed E-state index contributed by atoms with van der Waals surface area (Å²) in [6.45, 7) is 0. The molecule has 0 bridgehead atoms. The predicted molar refractivity (Wildman–Crippen MR) is 91.8 cm³/mol. The summed E-state index contributed by atoms with van der Waals surface area (Å²) in [4.78, 5) is 12.5. The van der Waals surface area contributed by atoms with E-state index in [0.717, 1.165) is 33.3 Å². The van der Waals surface area contributed by atoms with E-state index in [1.807, 2.05) is 14.1 Å². The van der Waals surface area contributed by atoms with Crippen molar-refractivity contribution < 1.29 is 0 Å². The van der Waals surface area contributed by atoms with Gasteiger partial charge in [0.25, 0.3) is 0 Å². The maximum absolute atomic E-state index is 12.1. The Morgan fingerprint density at radius 2 is 1.71 bits per heavy atom. The van der Waals surface area contributed by atoms with Gasteiger partial charge in [0, 0.05) is 23.4 Å². The molecule has 3 unspecified atom stereocenters. The van der Waals surface area contributed by atoms with Crippen molar-refractivity contribution >= 4 is 42.9 Å². The van der Waals surface area contributed by atoms with Crippen LogP contribution in [-0.4, -0.2) is 9.13 Å². The standard InChI is InChI=1S/C16H18Br2N2O/c1-19-12-6-10(11(17)7-13(12)20(2)16(19)21)15(18)14-8-4-3-5-9(8)14/h6-9,14-15H,3-5H2,1-2H3. The minimum atomic E-state index is 0.0310. The first-order valence-electron chi connectivity index (χ1n) is 7.49. The fourth-order valence-electron chi connectivity index (χ4n) is 4.27. The molecule has 0 aliphatic heterocycles. The maximum Gasteiger partial charge on any atom is 0.328 e. The summed E-state index contributed by atoms with van der Waals surface area (Å²) >= 11 is 7.64. The molecule has 2 aliphatic rings. The Bertz CT molecular complexity index is 782. The summed E-state index contributed by atoms with van der Waals surface area (Å²) in [6.07, 6.45) is 4.18. The van der Waals surface area contributed by atoms with Gasteiger partial charge in [-0.1, -0.05) is 38.3 Å². The van der Waals surface area contributed by atoms with Crippen LogP contribution >= 0.6 is 31.9 Å². The van der Waals surface area contributed by atoms with E-state index >= 15 is 0 Å². The number of hydrogen-bond donors (Lipinski definition) is 0. The van der Waals surface area contributed by atoms with E-state index in [2.05, 4.69) is 44.0 Å². The molecule has 0 amide bonds. The van der Waals surface area contributed by atoms with Gasteiger partial charge in [0.15, 0.2) is 0 Å². The van der Waals surface area contributed by atoms with Crippen molar-refractivity contribution in [1.82, 2.24) is 9.13 Å². The molecule has 2 aromatic rings. The molecule has 2 saturated carbocycles. The van der Waals surface area contributed by atoms with Gasteiger partial charge in [-0.05, 0) is 48.3 Å². The molecule has 2 fully saturated rings. The van der Waals surface area contributed by atoms with Crippen LogP contribution in [0.25, 0.3) is 11.0 Å². The molecule has 0 N–H and O–H groups in total. The van der Waals surface area contributed by atoms with E-state index in [-0.39, 0.29) is 5.69 Å². The Labute approximate surface area is 140 Å². The zero-order valence-electron chi connectivity index (χ0n) is 12.1. The fourth-order valence-corrected chi connectivity index (χ4v) is 6.31. The first kappa shape index (κ1) is 14.1.